The van der Waals surface area contributed by atoms with Gasteiger partial charge in [-0.2, -0.15) is 0 Å². The van der Waals surface area contributed by atoms with E-state index < -0.39 is 5.97 Å². The van der Waals surface area contributed by atoms with Crippen LogP contribution in [-0.2, 0) is 16.1 Å². The second kappa shape index (κ2) is 9.26. The zero-order chi connectivity index (χ0) is 21.6. The number of hydrogen-bond donors (Lipinski definition) is 1. The molecule has 0 spiro atoms. The van der Waals surface area contributed by atoms with Crippen LogP contribution in [0.4, 0.5) is 0 Å². The summed E-state index contributed by atoms with van der Waals surface area (Å²) in [4.78, 5) is 28.3. The van der Waals surface area contributed by atoms with Gasteiger partial charge < -0.3 is 14.6 Å². The normalized spacial score (nSPS) is 10.8. The summed E-state index contributed by atoms with van der Waals surface area (Å²) in [5.41, 5.74) is 2.35. The van der Waals surface area contributed by atoms with Crippen LogP contribution in [0.25, 0.3) is 21.8 Å². The lowest BCUT2D eigenvalue weighted by molar-refractivity contribution is -0.145. The van der Waals surface area contributed by atoms with E-state index in [1.807, 2.05) is 36.4 Å². The number of carboxylic acid groups (broad SMARTS) is 1. The number of carbonyl (C=O) groups excluding carboxylic acids is 1. The SMILES string of the molecule is O=C(CCCOc1ccc2c(C(=O)O)c3ccccc3nc2c1)OCc1ccccc1. The third-order valence-corrected chi connectivity index (χ3v) is 4.90. The third-order valence-electron chi connectivity index (χ3n) is 4.90. The Morgan fingerprint density at radius 2 is 1.61 bits per heavy atom. The molecule has 0 aliphatic rings. The molecule has 0 unspecified atom stereocenters. The predicted octanol–water partition coefficient (Wildman–Crippen LogP) is 4.99. The molecular weight excluding hydrogens is 394 g/mol. The second-order valence-electron chi connectivity index (χ2n) is 7.09. The number of fused-ring (bicyclic) bond motifs is 2. The standard InChI is InChI=1S/C25H21NO5/c27-23(31-16-17-7-2-1-3-8-17)11-6-14-30-18-12-13-20-22(15-18)26-21-10-5-4-9-19(21)24(20)25(28)29/h1-5,7-10,12-13,15H,6,11,14,16H2,(H,28,29). The number of pyridine rings is 1. The molecular formula is C25H21NO5. The van der Waals surface area contributed by atoms with Gasteiger partial charge >= 0.3 is 11.9 Å². The molecule has 156 valence electrons. The van der Waals surface area contributed by atoms with Crippen molar-refractivity contribution in [1.82, 2.24) is 4.98 Å². The van der Waals surface area contributed by atoms with Crippen LogP contribution in [0.3, 0.4) is 0 Å². The summed E-state index contributed by atoms with van der Waals surface area (Å²) in [7, 11) is 0. The van der Waals surface area contributed by atoms with Crippen molar-refractivity contribution in [2.45, 2.75) is 19.4 Å². The quantitative estimate of drug-likeness (QED) is 0.248. The van der Waals surface area contributed by atoms with Crippen LogP contribution in [0.15, 0.2) is 72.8 Å². The Hall–Kier alpha value is -3.93. The number of rotatable bonds is 8. The highest BCUT2D eigenvalue weighted by atomic mass is 16.5. The molecule has 1 heterocycles. The molecule has 0 saturated heterocycles. The number of hydrogen-bond acceptors (Lipinski definition) is 5. The summed E-state index contributed by atoms with van der Waals surface area (Å²) in [5, 5.41) is 10.8. The maximum Gasteiger partial charge on any atom is 0.337 e. The van der Waals surface area contributed by atoms with Gasteiger partial charge in [0, 0.05) is 23.3 Å². The molecule has 1 N–H and O–H groups in total. The number of carbonyl (C=O) groups is 2. The van der Waals surface area contributed by atoms with Crippen LogP contribution in [0, 0.1) is 0 Å². The van der Waals surface area contributed by atoms with Gasteiger partial charge in [-0.1, -0.05) is 48.5 Å². The lowest BCUT2D eigenvalue weighted by Crippen LogP contribution is -2.07. The molecule has 0 aliphatic carbocycles. The second-order valence-corrected chi connectivity index (χ2v) is 7.09. The Balaban J connectivity index is 1.37. The Labute approximate surface area is 179 Å². The van der Waals surface area contributed by atoms with Gasteiger partial charge in [0.15, 0.2) is 0 Å². The summed E-state index contributed by atoms with van der Waals surface area (Å²) >= 11 is 0. The van der Waals surface area contributed by atoms with Crippen LogP contribution >= 0.6 is 0 Å². The molecule has 31 heavy (non-hydrogen) atoms. The number of nitrogens with zero attached hydrogens (tertiary/aromatic N) is 1. The van der Waals surface area contributed by atoms with E-state index in [-0.39, 0.29) is 24.6 Å². The fraction of sp³-hybridized carbons (Fsp3) is 0.160. The van der Waals surface area contributed by atoms with E-state index in [9.17, 15) is 14.7 Å². The summed E-state index contributed by atoms with van der Waals surface area (Å²) in [6.07, 6.45) is 0.768. The first-order valence-electron chi connectivity index (χ1n) is 10.00. The lowest BCUT2D eigenvalue weighted by atomic mass is 10.0. The van der Waals surface area contributed by atoms with Crippen molar-refractivity contribution >= 4 is 33.7 Å². The van der Waals surface area contributed by atoms with E-state index in [0.29, 0.717) is 40.6 Å². The molecule has 0 bridgehead atoms. The first kappa shape index (κ1) is 20.3. The molecule has 0 atom stereocenters. The van der Waals surface area contributed by atoms with Crippen molar-refractivity contribution in [3.8, 4) is 5.75 Å². The number of para-hydroxylation sites is 1. The molecule has 4 rings (SSSR count). The van der Waals surface area contributed by atoms with E-state index in [4.69, 9.17) is 9.47 Å². The zero-order valence-electron chi connectivity index (χ0n) is 16.8. The Morgan fingerprint density at radius 3 is 2.42 bits per heavy atom. The summed E-state index contributed by atoms with van der Waals surface area (Å²) in [5.74, 6) is -0.694. The largest absolute Gasteiger partial charge is 0.494 e. The lowest BCUT2D eigenvalue weighted by Gasteiger charge is -2.10. The molecule has 6 nitrogen and oxygen atoms in total. The first-order chi connectivity index (χ1) is 15.1. The minimum Gasteiger partial charge on any atom is -0.494 e. The fourth-order valence-corrected chi connectivity index (χ4v) is 3.41. The van der Waals surface area contributed by atoms with Gasteiger partial charge in [0.2, 0.25) is 0 Å². The van der Waals surface area contributed by atoms with Gasteiger partial charge in [-0.15, -0.1) is 0 Å². The van der Waals surface area contributed by atoms with Gasteiger partial charge in [0.25, 0.3) is 0 Å². The zero-order valence-corrected chi connectivity index (χ0v) is 16.8. The van der Waals surface area contributed by atoms with Gasteiger partial charge in [0.1, 0.15) is 12.4 Å². The average molecular weight is 415 g/mol. The van der Waals surface area contributed by atoms with Crippen molar-refractivity contribution in [3.05, 3.63) is 83.9 Å². The van der Waals surface area contributed by atoms with E-state index in [1.165, 1.54) is 0 Å². The number of carboxylic acids is 1. The Morgan fingerprint density at radius 1 is 0.871 bits per heavy atom. The maximum absolute atomic E-state index is 11.9. The summed E-state index contributed by atoms with van der Waals surface area (Å²) in [6.45, 7) is 0.599. The maximum atomic E-state index is 11.9. The molecule has 0 saturated carbocycles. The monoisotopic (exact) mass is 415 g/mol. The summed E-state index contributed by atoms with van der Waals surface area (Å²) < 4.78 is 11.0. The molecule has 0 fully saturated rings. The van der Waals surface area contributed by atoms with Gasteiger partial charge in [-0.3, -0.25) is 4.79 Å². The average Bonchev–Trinajstić information content (AvgIpc) is 2.79. The number of esters is 1. The summed E-state index contributed by atoms with van der Waals surface area (Å²) in [6, 6.07) is 21.8. The highest BCUT2D eigenvalue weighted by Gasteiger charge is 2.15. The topological polar surface area (TPSA) is 85.7 Å². The predicted molar refractivity (Wildman–Crippen MR) is 117 cm³/mol. The fourth-order valence-electron chi connectivity index (χ4n) is 3.41. The van der Waals surface area contributed by atoms with Crippen LogP contribution in [-0.4, -0.2) is 28.6 Å². The van der Waals surface area contributed by atoms with Gasteiger partial charge in [-0.25, -0.2) is 9.78 Å². The molecule has 1 aromatic heterocycles. The van der Waals surface area contributed by atoms with Gasteiger partial charge in [-0.05, 0) is 30.2 Å². The molecule has 0 amide bonds. The number of ether oxygens (including phenoxy) is 2. The van der Waals surface area contributed by atoms with Crippen molar-refractivity contribution in [2.75, 3.05) is 6.61 Å². The molecule has 6 heteroatoms. The van der Waals surface area contributed by atoms with Crippen molar-refractivity contribution in [2.24, 2.45) is 0 Å². The third kappa shape index (κ3) is 4.80. The number of aromatic nitrogens is 1. The number of aromatic carboxylic acids is 1. The van der Waals surface area contributed by atoms with Crippen molar-refractivity contribution in [3.63, 3.8) is 0 Å². The Bertz CT molecular complexity index is 1240. The van der Waals surface area contributed by atoms with Crippen molar-refractivity contribution in [1.29, 1.82) is 0 Å². The molecule has 4 aromatic rings. The highest BCUT2D eigenvalue weighted by molar-refractivity contribution is 6.13. The molecule has 0 aliphatic heterocycles. The van der Waals surface area contributed by atoms with Gasteiger partial charge in [0.05, 0.1) is 23.2 Å². The molecule has 3 aromatic carbocycles. The van der Waals surface area contributed by atoms with Crippen LogP contribution in [0.5, 0.6) is 5.75 Å². The van der Waals surface area contributed by atoms with E-state index in [2.05, 4.69) is 4.98 Å². The van der Waals surface area contributed by atoms with Crippen molar-refractivity contribution < 1.29 is 24.2 Å². The molecule has 0 radical (unpaired) electrons. The highest BCUT2D eigenvalue weighted by Crippen LogP contribution is 2.28. The van der Waals surface area contributed by atoms with E-state index in [0.717, 1.165) is 5.56 Å². The first-order valence-corrected chi connectivity index (χ1v) is 10.00. The number of benzene rings is 3. The van der Waals surface area contributed by atoms with E-state index >= 15 is 0 Å². The van der Waals surface area contributed by atoms with Crippen LogP contribution < -0.4 is 4.74 Å². The van der Waals surface area contributed by atoms with Crippen LogP contribution in [0.1, 0.15) is 28.8 Å². The smallest absolute Gasteiger partial charge is 0.337 e. The minimum absolute atomic E-state index is 0.230. The minimum atomic E-state index is -0.994. The Kier molecular flexibility index (Phi) is 6.08. The van der Waals surface area contributed by atoms with E-state index in [1.54, 1.807) is 36.4 Å². The van der Waals surface area contributed by atoms with Crippen LogP contribution in [0.2, 0.25) is 0 Å².